The zero-order valence-corrected chi connectivity index (χ0v) is 9.20. The van der Waals surface area contributed by atoms with Gasteiger partial charge in [-0.2, -0.15) is 13.2 Å². The molecule has 0 fully saturated rings. The summed E-state index contributed by atoms with van der Waals surface area (Å²) in [4.78, 5) is 3.83. The summed E-state index contributed by atoms with van der Waals surface area (Å²) in [6.07, 6.45) is 0.877. The van der Waals surface area contributed by atoms with Crippen molar-refractivity contribution in [3.63, 3.8) is 0 Å². The summed E-state index contributed by atoms with van der Waals surface area (Å²) < 4.78 is 39.7. The highest BCUT2D eigenvalue weighted by molar-refractivity contribution is 5.41. The Kier molecular flexibility index (Phi) is 2.92. The summed E-state index contributed by atoms with van der Waals surface area (Å²) in [5.41, 5.74) is 0.512. The van der Waals surface area contributed by atoms with Gasteiger partial charge in [0.05, 0.1) is 11.9 Å². The maximum absolute atomic E-state index is 12.7. The van der Waals surface area contributed by atoms with Gasteiger partial charge in [0.15, 0.2) is 0 Å². The van der Waals surface area contributed by atoms with Gasteiger partial charge < -0.3 is 4.57 Å². The monoisotopic (exact) mass is 240 g/mol. The molecule has 0 spiro atoms. The Morgan fingerprint density at radius 1 is 1.24 bits per heavy atom. The quantitative estimate of drug-likeness (QED) is 0.786. The predicted octanol–water partition coefficient (Wildman–Crippen LogP) is 3.45. The lowest BCUT2D eigenvalue weighted by Gasteiger charge is -2.11. The van der Waals surface area contributed by atoms with Crippen molar-refractivity contribution in [2.24, 2.45) is 0 Å². The topological polar surface area (TPSA) is 17.8 Å². The van der Waals surface area contributed by atoms with Crippen molar-refractivity contribution in [2.75, 3.05) is 0 Å². The summed E-state index contributed by atoms with van der Waals surface area (Å²) in [7, 11) is 0. The van der Waals surface area contributed by atoms with Gasteiger partial charge in [-0.05, 0) is 30.2 Å². The first-order chi connectivity index (χ1) is 8.00. The number of rotatable bonds is 2. The number of hydrogen-bond acceptors (Lipinski definition) is 1. The van der Waals surface area contributed by atoms with Crippen LogP contribution in [0.25, 0.3) is 5.69 Å². The van der Waals surface area contributed by atoms with Gasteiger partial charge >= 0.3 is 6.18 Å². The van der Waals surface area contributed by atoms with Crippen molar-refractivity contribution < 1.29 is 13.2 Å². The van der Waals surface area contributed by atoms with Gasteiger partial charge in [0.2, 0.25) is 0 Å². The molecule has 0 unspecified atom stereocenters. The Morgan fingerprint density at radius 2 is 2.00 bits per heavy atom. The molecule has 0 atom stereocenters. The van der Waals surface area contributed by atoms with Gasteiger partial charge in [-0.15, -0.1) is 0 Å². The van der Waals surface area contributed by atoms with Crippen molar-refractivity contribution >= 4 is 0 Å². The van der Waals surface area contributed by atoms with E-state index in [0.29, 0.717) is 17.7 Å². The molecule has 1 aromatic heterocycles. The predicted molar refractivity (Wildman–Crippen MR) is 57.9 cm³/mol. The van der Waals surface area contributed by atoms with Crippen LogP contribution in [0.5, 0.6) is 0 Å². The highest BCUT2D eigenvalue weighted by Crippen LogP contribution is 2.31. The highest BCUT2D eigenvalue weighted by atomic mass is 19.4. The van der Waals surface area contributed by atoms with E-state index in [-0.39, 0.29) is 0 Å². The number of alkyl halides is 3. The SMILES string of the molecule is CCc1cc(-n2ccnc2)cc(C(F)(F)F)c1. The van der Waals surface area contributed by atoms with Crippen molar-refractivity contribution in [1.29, 1.82) is 0 Å². The third-order valence-electron chi connectivity index (χ3n) is 2.52. The number of hydrogen-bond donors (Lipinski definition) is 0. The Labute approximate surface area is 96.7 Å². The van der Waals surface area contributed by atoms with Gasteiger partial charge in [0.25, 0.3) is 0 Å². The van der Waals surface area contributed by atoms with Crippen molar-refractivity contribution in [2.45, 2.75) is 19.5 Å². The maximum Gasteiger partial charge on any atom is 0.416 e. The van der Waals surface area contributed by atoms with Gasteiger partial charge in [0, 0.05) is 18.1 Å². The molecular weight excluding hydrogens is 229 g/mol. The molecule has 0 saturated heterocycles. The van der Waals surface area contributed by atoms with E-state index in [2.05, 4.69) is 4.98 Å². The Morgan fingerprint density at radius 3 is 2.53 bits per heavy atom. The first kappa shape index (κ1) is 11.7. The smallest absolute Gasteiger partial charge is 0.306 e. The van der Waals surface area contributed by atoms with Crippen LogP contribution in [0.15, 0.2) is 36.9 Å². The molecule has 90 valence electrons. The second kappa shape index (κ2) is 4.24. The first-order valence-electron chi connectivity index (χ1n) is 5.20. The van der Waals surface area contributed by atoms with Crippen LogP contribution in [0, 0.1) is 0 Å². The lowest BCUT2D eigenvalue weighted by Crippen LogP contribution is -2.07. The highest BCUT2D eigenvalue weighted by Gasteiger charge is 2.31. The number of aryl methyl sites for hydroxylation is 1. The molecule has 0 aliphatic carbocycles. The van der Waals surface area contributed by atoms with E-state index in [9.17, 15) is 13.2 Å². The minimum Gasteiger partial charge on any atom is -0.306 e. The molecular formula is C12H11F3N2. The minimum atomic E-state index is -4.32. The van der Waals surface area contributed by atoms with Gasteiger partial charge in [-0.3, -0.25) is 0 Å². The normalized spacial score (nSPS) is 11.8. The van der Waals surface area contributed by atoms with Gasteiger partial charge in [-0.1, -0.05) is 6.92 Å². The van der Waals surface area contributed by atoms with Crippen LogP contribution in [-0.2, 0) is 12.6 Å². The van der Waals surface area contributed by atoms with Crippen LogP contribution < -0.4 is 0 Å². The van der Waals surface area contributed by atoms with E-state index < -0.39 is 11.7 Å². The van der Waals surface area contributed by atoms with Crippen molar-refractivity contribution in [1.82, 2.24) is 9.55 Å². The van der Waals surface area contributed by atoms with Crippen LogP contribution in [0.1, 0.15) is 18.1 Å². The zero-order chi connectivity index (χ0) is 12.5. The number of nitrogens with zero attached hydrogens (tertiary/aromatic N) is 2. The molecule has 1 aromatic carbocycles. The lowest BCUT2D eigenvalue weighted by molar-refractivity contribution is -0.137. The summed E-state index contributed by atoms with van der Waals surface area (Å²) >= 11 is 0. The standard InChI is InChI=1S/C12H11F3N2/c1-2-9-5-10(12(13,14)15)7-11(6-9)17-4-3-16-8-17/h3-8H,2H2,1H3. The largest absolute Gasteiger partial charge is 0.416 e. The Hall–Kier alpha value is -1.78. The number of halogens is 3. The molecule has 0 aliphatic rings. The van der Waals surface area contributed by atoms with Gasteiger partial charge in [0.1, 0.15) is 0 Å². The molecule has 2 aromatic rings. The number of imidazole rings is 1. The molecule has 0 amide bonds. The fourth-order valence-electron chi connectivity index (χ4n) is 1.60. The van der Waals surface area contributed by atoms with E-state index in [1.165, 1.54) is 18.6 Å². The van der Waals surface area contributed by atoms with E-state index in [4.69, 9.17) is 0 Å². The van der Waals surface area contributed by atoms with Crippen LogP contribution in [0.4, 0.5) is 13.2 Å². The van der Waals surface area contributed by atoms with Crippen LogP contribution >= 0.6 is 0 Å². The third kappa shape index (κ3) is 2.49. The van der Waals surface area contributed by atoms with Crippen molar-refractivity contribution in [3.8, 4) is 5.69 Å². The zero-order valence-electron chi connectivity index (χ0n) is 9.20. The Bertz CT molecular complexity index is 501. The van der Waals surface area contributed by atoms with Crippen LogP contribution in [-0.4, -0.2) is 9.55 Å². The summed E-state index contributed by atoms with van der Waals surface area (Å²) in [6.45, 7) is 1.83. The molecule has 2 rings (SSSR count). The van der Waals surface area contributed by atoms with E-state index in [1.807, 2.05) is 6.92 Å². The fourth-order valence-corrected chi connectivity index (χ4v) is 1.60. The summed E-state index contributed by atoms with van der Waals surface area (Å²) in [6, 6.07) is 4.04. The van der Waals surface area contributed by atoms with E-state index >= 15 is 0 Å². The molecule has 5 heteroatoms. The lowest BCUT2D eigenvalue weighted by atomic mass is 10.1. The van der Waals surface area contributed by atoms with E-state index in [1.54, 1.807) is 16.8 Å². The molecule has 1 heterocycles. The second-order valence-corrected chi connectivity index (χ2v) is 3.71. The number of aromatic nitrogens is 2. The van der Waals surface area contributed by atoms with Crippen molar-refractivity contribution in [3.05, 3.63) is 48.0 Å². The molecule has 0 saturated carbocycles. The molecule has 0 radical (unpaired) electrons. The first-order valence-corrected chi connectivity index (χ1v) is 5.20. The second-order valence-electron chi connectivity index (χ2n) is 3.71. The average Bonchev–Trinajstić information content (AvgIpc) is 2.80. The molecule has 0 aliphatic heterocycles. The summed E-state index contributed by atoms with van der Waals surface area (Å²) in [5, 5.41) is 0. The molecule has 0 bridgehead atoms. The van der Waals surface area contributed by atoms with Crippen LogP contribution in [0.2, 0.25) is 0 Å². The number of benzene rings is 1. The third-order valence-corrected chi connectivity index (χ3v) is 2.52. The molecule has 2 nitrogen and oxygen atoms in total. The average molecular weight is 240 g/mol. The van der Waals surface area contributed by atoms with E-state index in [0.717, 1.165) is 6.07 Å². The van der Waals surface area contributed by atoms with Crippen LogP contribution in [0.3, 0.4) is 0 Å². The summed E-state index contributed by atoms with van der Waals surface area (Å²) in [5.74, 6) is 0. The minimum absolute atomic E-state index is 0.481. The molecule has 17 heavy (non-hydrogen) atoms. The van der Waals surface area contributed by atoms with Gasteiger partial charge in [-0.25, -0.2) is 4.98 Å². The maximum atomic E-state index is 12.7. The Balaban J connectivity index is 2.54. The fraction of sp³-hybridized carbons (Fsp3) is 0.250. The molecule has 0 N–H and O–H groups in total.